The molecule has 4 nitrogen and oxygen atoms in total. The lowest BCUT2D eigenvalue weighted by atomic mass is 10.1. The molecule has 0 aliphatic rings. The van der Waals surface area contributed by atoms with Crippen molar-refractivity contribution in [1.29, 1.82) is 0 Å². The summed E-state index contributed by atoms with van der Waals surface area (Å²) >= 11 is 3.62. The second kappa shape index (κ2) is 5.65. The molecule has 0 bridgehead atoms. The maximum Gasteiger partial charge on any atom is 0.263 e. The first-order valence-electron chi connectivity index (χ1n) is 7.06. The van der Waals surface area contributed by atoms with E-state index >= 15 is 0 Å². The summed E-state index contributed by atoms with van der Waals surface area (Å²) in [6.45, 7) is 4.44. The lowest BCUT2D eigenvalue weighted by Crippen LogP contribution is -2.31. The minimum absolute atomic E-state index is 0.0653. The van der Waals surface area contributed by atoms with Crippen LogP contribution in [0.4, 0.5) is 0 Å². The van der Waals surface area contributed by atoms with Gasteiger partial charge in [-0.1, -0.05) is 46.3 Å². The molecule has 0 N–H and O–H groups in total. The third-order valence-electron chi connectivity index (χ3n) is 3.44. The molecule has 0 spiro atoms. The van der Waals surface area contributed by atoms with Crippen LogP contribution in [0.5, 0.6) is 0 Å². The zero-order chi connectivity index (χ0) is 15.7. The average Bonchev–Trinajstić information content (AvgIpc) is 2.50. The molecular formula is C17H16BrN3O. The fourth-order valence-corrected chi connectivity index (χ4v) is 2.72. The summed E-state index contributed by atoms with van der Waals surface area (Å²) in [5, 5.41) is 0.541. The Labute approximate surface area is 137 Å². The van der Waals surface area contributed by atoms with Gasteiger partial charge in [-0.05, 0) is 31.5 Å². The van der Waals surface area contributed by atoms with Crippen molar-refractivity contribution in [3.8, 4) is 0 Å². The zero-order valence-electron chi connectivity index (χ0n) is 12.5. The highest BCUT2D eigenvalue weighted by atomic mass is 79.9. The van der Waals surface area contributed by atoms with Crippen molar-refractivity contribution >= 4 is 27.0 Å². The Morgan fingerprint density at radius 2 is 1.86 bits per heavy atom. The van der Waals surface area contributed by atoms with Crippen molar-refractivity contribution in [3.05, 3.63) is 70.4 Å². The van der Waals surface area contributed by atoms with Gasteiger partial charge in [-0.3, -0.25) is 9.36 Å². The molecule has 1 aromatic carbocycles. The van der Waals surface area contributed by atoms with Gasteiger partial charge in [0.15, 0.2) is 5.65 Å². The molecular weight excluding hydrogens is 342 g/mol. The number of pyridine rings is 1. The monoisotopic (exact) mass is 357 g/mol. The van der Waals surface area contributed by atoms with Gasteiger partial charge < -0.3 is 0 Å². The Kier molecular flexibility index (Phi) is 3.83. The van der Waals surface area contributed by atoms with E-state index in [9.17, 15) is 4.79 Å². The van der Waals surface area contributed by atoms with Crippen molar-refractivity contribution in [2.45, 2.75) is 24.7 Å². The van der Waals surface area contributed by atoms with Gasteiger partial charge in [0.05, 0.1) is 16.3 Å². The van der Waals surface area contributed by atoms with E-state index in [0.29, 0.717) is 23.4 Å². The van der Waals surface area contributed by atoms with Crippen molar-refractivity contribution in [1.82, 2.24) is 14.5 Å². The Morgan fingerprint density at radius 1 is 1.14 bits per heavy atom. The van der Waals surface area contributed by atoms with E-state index in [2.05, 4.69) is 25.9 Å². The fourth-order valence-electron chi connectivity index (χ4n) is 2.42. The average molecular weight is 358 g/mol. The van der Waals surface area contributed by atoms with E-state index < -0.39 is 4.32 Å². The molecule has 0 aliphatic carbocycles. The van der Waals surface area contributed by atoms with E-state index in [-0.39, 0.29) is 5.56 Å². The molecule has 0 atom stereocenters. The number of fused-ring (bicyclic) bond motifs is 1. The standard InChI is InChI=1S/C17H16BrN3O/c1-17(2,18)16-20-14-13(9-6-10-19-14)15(22)21(16)11-12-7-4-3-5-8-12/h3-10H,11H2,1-2H3. The van der Waals surface area contributed by atoms with Crippen LogP contribution in [0.1, 0.15) is 25.2 Å². The summed E-state index contributed by atoms with van der Waals surface area (Å²) in [5.74, 6) is 0.674. The van der Waals surface area contributed by atoms with Gasteiger partial charge in [-0.2, -0.15) is 0 Å². The fraction of sp³-hybridized carbons (Fsp3) is 0.235. The van der Waals surface area contributed by atoms with E-state index in [4.69, 9.17) is 0 Å². The minimum atomic E-state index is -0.424. The van der Waals surface area contributed by atoms with E-state index in [1.165, 1.54) is 0 Å². The summed E-state index contributed by atoms with van der Waals surface area (Å²) < 4.78 is 1.29. The van der Waals surface area contributed by atoms with Gasteiger partial charge in [0.1, 0.15) is 5.82 Å². The molecule has 0 radical (unpaired) electrons. The van der Waals surface area contributed by atoms with Crippen LogP contribution in [0.15, 0.2) is 53.5 Å². The molecule has 0 amide bonds. The third kappa shape index (κ3) is 2.81. The lowest BCUT2D eigenvalue weighted by molar-refractivity contribution is 0.609. The van der Waals surface area contributed by atoms with Gasteiger partial charge in [-0.25, -0.2) is 9.97 Å². The Bertz CT molecular complexity index is 866. The molecule has 0 unspecified atom stereocenters. The summed E-state index contributed by atoms with van der Waals surface area (Å²) in [6, 6.07) is 13.4. The molecule has 0 saturated carbocycles. The Hall–Kier alpha value is -2.01. The largest absolute Gasteiger partial charge is 0.290 e. The summed E-state index contributed by atoms with van der Waals surface area (Å²) in [5.41, 5.74) is 1.48. The van der Waals surface area contributed by atoms with Gasteiger partial charge in [0.2, 0.25) is 0 Å². The predicted molar refractivity (Wildman–Crippen MR) is 91.3 cm³/mol. The highest BCUT2D eigenvalue weighted by Gasteiger charge is 2.24. The second-order valence-corrected chi connectivity index (χ2v) is 7.64. The van der Waals surface area contributed by atoms with Gasteiger partial charge in [0.25, 0.3) is 5.56 Å². The molecule has 112 valence electrons. The topological polar surface area (TPSA) is 47.8 Å². The van der Waals surface area contributed by atoms with Crippen LogP contribution in [0.25, 0.3) is 11.0 Å². The smallest absolute Gasteiger partial charge is 0.263 e. The number of halogens is 1. The van der Waals surface area contributed by atoms with Gasteiger partial charge in [-0.15, -0.1) is 0 Å². The maximum absolute atomic E-state index is 12.9. The first-order valence-corrected chi connectivity index (χ1v) is 7.85. The summed E-state index contributed by atoms with van der Waals surface area (Å²) in [4.78, 5) is 21.7. The van der Waals surface area contributed by atoms with Crippen molar-refractivity contribution in [2.24, 2.45) is 0 Å². The highest BCUT2D eigenvalue weighted by molar-refractivity contribution is 9.09. The third-order valence-corrected chi connectivity index (χ3v) is 3.80. The number of rotatable bonds is 3. The number of benzene rings is 1. The van der Waals surface area contributed by atoms with Gasteiger partial charge in [0, 0.05) is 6.20 Å². The maximum atomic E-state index is 12.9. The molecule has 0 fully saturated rings. The van der Waals surface area contributed by atoms with Crippen LogP contribution in [0, 0.1) is 0 Å². The van der Waals surface area contributed by atoms with Gasteiger partial charge >= 0.3 is 0 Å². The number of hydrogen-bond acceptors (Lipinski definition) is 3. The zero-order valence-corrected chi connectivity index (χ0v) is 14.0. The summed E-state index contributed by atoms with van der Waals surface area (Å²) in [7, 11) is 0. The van der Waals surface area contributed by atoms with Crippen LogP contribution >= 0.6 is 15.9 Å². The number of nitrogens with zero attached hydrogens (tertiary/aromatic N) is 3. The molecule has 2 heterocycles. The number of alkyl halides is 1. The molecule has 3 aromatic rings. The van der Waals surface area contributed by atoms with Crippen LogP contribution in [-0.4, -0.2) is 14.5 Å². The summed E-state index contributed by atoms with van der Waals surface area (Å²) in [6.07, 6.45) is 1.65. The van der Waals surface area contributed by atoms with Crippen LogP contribution in [0.3, 0.4) is 0 Å². The highest BCUT2D eigenvalue weighted by Crippen LogP contribution is 2.28. The minimum Gasteiger partial charge on any atom is -0.290 e. The Balaban J connectivity index is 2.26. The van der Waals surface area contributed by atoms with E-state index in [1.54, 1.807) is 22.9 Å². The quantitative estimate of drug-likeness (QED) is 0.674. The molecule has 0 saturated heterocycles. The second-order valence-electron chi connectivity index (χ2n) is 5.66. The van der Waals surface area contributed by atoms with Crippen molar-refractivity contribution < 1.29 is 0 Å². The van der Waals surface area contributed by atoms with E-state index in [0.717, 1.165) is 5.56 Å². The number of aromatic nitrogens is 3. The number of hydrogen-bond donors (Lipinski definition) is 0. The first-order chi connectivity index (χ1) is 10.5. The SMILES string of the molecule is CC(C)(Br)c1nc2ncccc2c(=O)n1Cc1ccccc1. The first kappa shape index (κ1) is 14.9. The molecule has 22 heavy (non-hydrogen) atoms. The molecule has 5 heteroatoms. The predicted octanol–water partition coefficient (Wildman–Crippen LogP) is 3.47. The van der Waals surface area contributed by atoms with Crippen LogP contribution in [-0.2, 0) is 10.9 Å². The van der Waals surface area contributed by atoms with Crippen LogP contribution in [0.2, 0.25) is 0 Å². The van der Waals surface area contributed by atoms with Crippen LogP contribution < -0.4 is 5.56 Å². The lowest BCUT2D eigenvalue weighted by Gasteiger charge is -2.21. The van der Waals surface area contributed by atoms with E-state index in [1.807, 2.05) is 44.2 Å². The molecule has 0 aliphatic heterocycles. The van der Waals surface area contributed by atoms with Crippen molar-refractivity contribution in [3.63, 3.8) is 0 Å². The molecule has 2 aromatic heterocycles. The van der Waals surface area contributed by atoms with Crippen molar-refractivity contribution in [2.75, 3.05) is 0 Å². The Morgan fingerprint density at radius 3 is 2.55 bits per heavy atom. The molecule has 3 rings (SSSR count). The normalized spacial score (nSPS) is 11.8.